The Bertz CT molecular complexity index is 557. The molecule has 1 unspecified atom stereocenters. The number of thiophene rings is 1. The zero-order valence-electron chi connectivity index (χ0n) is 11.3. The molecule has 0 amide bonds. The Morgan fingerprint density at radius 2 is 1.84 bits per heavy atom. The number of nitrogens with one attached hydrogen (secondary N) is 1. The third-order valence-corrected chi connectivity index (χ3v) is 4.17. The van der Waals surface area contributed by atoms with Crippen LogP contribution in [0.1, 0.15) is 33.8 Å². The van der Waals surface area contributed by atoms with Gasteiger partial charge in [0, 0.05) is 27.9 Å². The number of rotatable bonds is 4. The molecular weight excluding hydrogens is 264 g/mol. The Kier molecular flexibility index (Phi) is 4.32. The van der Waals surface area contributed by atoms with Gasteiger partial charge in [0.1, 0.15) is 11.6 Å². The third kappa shape index (κ3) is 3.19. The van der Waals surface area contributed by atoms with E-state index in [2.05, 4.69) is 25.2 Å². The second-order valence-corrected chi connectivity index (χ2v) is 6.13. The van der Waals surface area contributed by atoms with E-state index in [9.17, 15) is 8.78 Å². The highest BCUT2D eigenvalue weighted by molar-refractivity contribution is 7.12. The minimum Gasteiger partial charge on any atom is -0.306 e. The summed E-state index contributed by atoms with van der Waals surface area (Å²) in [6, 6.07) is 6.14. The summed E-state index contributed by atoms with van der Waals surface area (Å²) in [5.74, 6) is -1.00. The predicted octanol–water partition coefficient (Wildman–Crippen LogP) is 4.49. The van der Waals surface area contributed by atoms with Gasteiger partial charge in [-0.15, -0.1) is 11.3 Å². The fourth-order valence-electron chi connectivity index (χ4n) is 2.15. The van der Waals surface area contributed by atoms with Gasteiger partial charge in [0.15, 0.2) is 0 Å². The molecule has 2 aromatic rings. The van der Waals surface area contributed by atoms with E-state index in [1.807, 2.05) is 6.92 Å². The van der Waals surface area contributed by atoms with Gasteiger partial charge in [-0.25, -0.2) is 8.78 Å². The molecule has 1 aromatic carbocycles. The molecule has 0 spiro atoms. The second-order valence-electron chi connectivity index (χ2n) is 4.67. The van der Waals surface area contributed by atoms with E-state index >= 15 is 0 Å². The highest BCUT2D eigenvalue weighted by Crippen LogP contribution is 2.26. The average Bonchev–Trinajstić information content (AvgIpc) is 2.67. The predicted molar refractivity (Wildman–Crippen MR) is 75.4 cm³/mol. The number of hydrogen-bond donors (Lipinski definition) is 1. The van der Waals surface area contributed by atoms with Gasteiger partial charge < -0.3 is 5.32 Å². The van der Waals surface area contributed by atoms with Crippen molar-refractivity contribution in [3.05, 3.63) is 56.8 Å². The van der Waals surface area contributed by atoms with Crippen molar-refractivity contribution in [1.82, 2.24) is 5.32 Å². The van der Waals surface area contributed by atoms with E-state index in [1.165, 1.54) is 33.5 Å². The molecular formula is C15H17F2NS. The molecule has 0 saturated heterocycles. The molecule has 19 heavy (non-hydrogen) atoms. The van der Waals surface area contributed by atoms with Crippen LogP contribution in [0.3, 0.4) is 0 Å². The van der Waals surface area contributed by atoms with Crippen molar-refractivity contribution < 1.29 is 8.78 Å². The Labute approximate surface area is 116 Å². The number of halogens is 2. The van der Waals surface area contributed by atoms with Crippen LogP contribution in [0.15, 0.2) is 24.3 Å². The summed E-state index contributed by atoms with van der Waals surface area (Å²) in [4.78, 5) is 2.49. The molecule has 0 aliphatic carbocycles. The lowest BCUT2D eigenvalue weighted by molar-refractivity contribution is 0.509. The van der Waals surface area contributed by atoms with Crippen molar-refractivity contribution in [1.29, 1.82) is 0 Å². The van der Waals surface area contributed by atoms with Gasteiger partial charge in [0.25, 0.3) is 0 Å². The highest BCUT2D eigenvalue weighted by atomic mass is 32.1. The van der Waals surface area contributed by atoms with Crippen LogP contribution in [0, 0.1) is 25.5 Å². The molecule has 0 radical (unpaired) electrons. The van der Waals surface area contributed by atoms with E-state index < -0.39 is 11.6 Å². The Balaban J connectivity index is 2.08. The monoisotopic (exact) mass is 281 g/mol. The Morgan fingerprint density at radius 1 is 1.21 bits per heavy atom. The van der Waals surface area contributed by atoms with Crippen molar-refractivity contribution in [3.63, 3.8) is 0 Å². The third-order valence-electron chi connectivity index (χ3n) is 3.19. The summed E-state index contributed by atoms with van der Waals surface area (Å²) in [6.07, 6.45) is 0. The molecule has 1 nitrogen and oxygen atoms in total. The first-order valence-electron chi connectivity index (χ1n) is 6.22. The molecule has 1 aromatic heterocycles. The molecule has 2 rings (SSSR count). The fourth-order valence-corrected chi connectivity index (χ4v) is 3.17. The van der Waals surface area contributed by atoms with Gasteiger partial charge >= 0.3 is 0 Å². The van der Waals surface area contributed by atoms with E-state index in [1.54, 1.807) is 11.3 Å². The SMILES string of the molecule is Cc1cc(C(C)NCc2c(F)cccc2F)c(C)s1. The first-order valence-corrected chi connectivity index (χ1v) is 7.04. The van der Waals surface area contributed by atoms with E-state index in [4.69, 9.17) is 0 Å². The summed E-state index contributed by atoms with van der Waals surface area (Å²) in [7, 11) is 0. The molecule has 0 saturated carbocycles. The van der Waals surface area contributed by atoms with Crippen LogP contribution >= 0.6 is 11.3 Å². The van der Waals surface area contributed by atoms with Gasteiger partial charge in [0.05, 0.1) is 0 Å². The average molecular weight is 281 g/mol. The molecule has 4 heteroatoms. The van der Waals surface area contributed by atoms with Crippen molar-refractivity contribution >= 4 is 11.3 Å². The quantitative estimate of drug-likeness (QED) is 0.870. The zero-order valence-corrected chi connectivity index (χ0v) is 12.1. The minimum atomic E-state index is -0.502. The van der Waals surface area contributed by atoms with E-state index in [0.29, 0.717) is 0 Å². The maximum atomic E-state index is 13.5. The van der Waals surface area contributed by atoms with Crippen LogP contribution < -0.4 is 5.32 Å². The molecule has 0 bridgehead atoms. The van der Waals surface area contributed by atoms with E-state index in [0.717, 1.165) is 0 Å². The Morgan fingerprint density at radius 3 is 2.37 bits per heavy atom. The zero-order chi connectivity index (χ0) is 14.0. The number of hydrogen-bond acceptors (Lipinski definition) is 2. The fraction of sp³-hybridized carbons (Fsp3) is 0.333. The van der Waals surface area contributed by atoms with Gasteiger partial charge in [-0.1, -0.05) is 6.07 Å². The number of benzene rings is 1. The lowest BCUT2D eigenvalue weighted by atomic mass is 10.1. The standard InChI is InChI=1S/C15H17F2NS/c1-9-7-12(11(3)19-9)10(2)18-8-13-14(16)5-4-6-15(13)17/h4-7,10,18H,8H2,1-3H3. The van der Waals surface area contributed by atoms with Crippen LogP contribution in [0.4, 0.5) is 8.78 Å². The molecule has 1 atom stereocenters. The van der Waals surface area contributed by atoms with Crippen LogP contribution in [0.5, 0.6) is 0 Å². The summed E-state index contributed by atoms with van der Waals surface area (Å²) in [5.41, 5.74) is 1.29. The summed E-state index contributed by atoms with van der Waals surface area (Å²) < 4.78 is 27.0. The molecule has 1 N–H and O–H groups in total. The van der Waals surface area contributed by atoms with Crippen molar-refractivity contribution in [3.8, 4) is 0 Å². The first kappa shape index (κ1) is 14.2. The molecule has 0 aliphatic heterocycles. The molecule has 1 heterocycles. The number of aryl methyl sites for hydroxylation is 2. The lowest BCUT2D eigenvalue weighted by Crippen LogP contribution is -2.19. The van der Waals surface area contributed by atoms with Crippen LogP contribution in [0.25, 0.3) is 0 Å². The first-order chi connectivity index (χ1) is 8.99. The van der Waals surface area contributed by atoms with Crippen molar-refractivity contribution in [2.45, 2.75) is 33.4 Å². The maximum Gasteiger partial charge on any atom is 0.130 e. The topological polar surface area (TPSA) is 12.0 Å². The highest BCUT2D eigenvalue weighted by Gasteiger charge is 2.13. The summed E-state index contributed by atoms with van der Waals surface area (Å²) >= 11 is 1.74. The van der Waals surface area contributed by atoms with Crippen LogP contribution in [-0.4, -0.2) is 0 Å². The van der Waals surface area contributed by atoms with Gasteiger partial charge in [-0.3, -0.25) is 0 Å². The van der Waals surface area contributed by atoms with Crippen LogP contribution in [-0.2, 0) is 6.54 Å². The molecule has 0 fully saturated rings. The van der Waals surface area contributed by atoms with E-state index in [-0.39, 0.29) is 18.2 Å². The minimum absolute atomic E-state index is 0.0731. The van der Waals surface area contributed by atoms with Gasteiger partial charge in [0.2, 0.25) is 0 Å². The molecule has 0 aliphatic rings. The Hall–Kier alpha value is -1.26. The summed E-state index contributed by atoms with van der Waals surface area (Å²) in [5, 5.41) is 3.18. The second kappa shape index (κ2) is 5.80. The summed E-state index contributed by atoms with van der Waals surface area (Å²) in [6.45, 7) is 6.32. The maximum absolute atomic E-state index is 13.5. The largest absolute Gasteiger partial charge is 0.306 e. The van der Waals surface area contributed by atoms with Crippen LogP contribution in [0.2, 0.25) is 0 Å². The van der Waals surface area contributed by atoms with Gasteiger partial charge in [-0.2, -0.15) is 0 Å². The normalized spacial score (nSPS) is 12.7. The van der Waals surface area contributed by atoms with Crippen molar-refractivity contribution in [2.75, 3.05) is 0 Å². The van der Waals surface area contributed by atoms with Gasteiger partial charge in [-0.05, 0) is 44.5 Å². The molecule has 102 valence electrons. The smallest absolute Gasteiger partial charge is 0.130 e. The van der Waals surface area contributed by atoms with Crippen molar-refractivity contribution in [2.24, 2.45) is 0 Å². The lowest BCUT2D eigenvalue weighted by Gasteiger charge is -2.14.